The van der Waals surface area contributed by atoms with Gasteiger partial charge in [0.1, 0.15) is 0 Å². The second-order valence-corrected chi connectivity index (χ2v) is 10.7. The quantitative estimate of drug-likeness (QED) is 0.0929. The lowest BCUT2D eigenvalue weighted by Gasteiger charge is -2.16. The molecule has 0 aromatic heterocycles. The van der Waals surface area contributed by atoms with Crippen molar-refractivity contribution in [2.24, 2.45) is 0 Å². The van der Waals surface area contributed by atoms with Gasteiger partial charge in [-0.25, -0.2) is 9.59 Å². The molecule has 0 aromatic rings. The molecule has 0 unspecified atom stereocenters. The van der Waals surface area contributed by atoms with Crippen LogP contribution in [0.2, 0.25) is 0 Å². The summed E-state index contributed by atoms with van der Waals surface area (Å²) in [5, 5.41) is 9.77. The molecule has 0 aromatic carbocycles. The molecule has 0 saturated carbocycles. The Hall–Kier alpha value is -2.46. The van der Waals surface area contributed by atoms with E-state index in [2.05, 4.69) is 16.0 Å². The highest BCUT2D eigenvalue weighted by Crippen LogP contribution is 2.32. The van der Waals surface area contributed by atoms with Crippen LogP contribution >= 0.6 is 11.8 Å². The lowest BCUT2D eigenvalue weighted by Crippen LogP contribution is -2.37. The third-order valence-corrected chi connectivity index (χ3v) is 7.89. The van der Waals surface area contributed by atoms with E-state index in [4.69, 9.17) is 23.8 Å². The molecular formula is C25H40N4O10S. The lowest BCUT2D eigenvalue weighted by atomic mass is 10.0. The van der Waals surface area contributed by atoms with Gasteiger partial charge in [0, 0.05) is 43.4 Å². The first-order valence-electron chi connectivity index (χ1n) is 13.8. The SMILES string of the molecule is O=C(CCCOCCOCCOCCOCCC(=O)ON1C(=O)CCC1=O)NCCC[C@@H]1SC[C@@H]2NC(=O)N[C@@H]21. The van der Waals surface area contributed by atoms with Crippen LogP contribution in [-0.4, -0.2) is 117 Å². The molecule has 5 amide bonds. The maximum absolute atomic E-state index is 12.0. The van der Waals surface area contributed by atoms with Crippen molar-refractivity contribution in [3.05, 3.63) is 0 Å². The molecule has 3 rings (SSSR count). The van der Waals surface area contributed by atoms with Gasteiger partial charge in [0.25, 0.3) is 11.8 Å². The molecule has 3 N–H and O–H groups in total. The molecule has 3 heterocycles. The number of hydroxylamine groups is 2. The molecule has 3 atom stereocenters. The fourth-order valence-electron chi connectivity index (χ4n) is 4.32. The smallest absolute Gasteiger partial charge is 0.335 e. The van der Waals surface area contributed by atoms with Crippen molar-refractivity contribution in [1.29, 1.82) is 0 Å². The summed E-state index contributed by atoms with van der Waals surface area (Å²) in [5.41, 5.74) is 0. The van der Waals surface area contributed by atoms with Crippen molar-refractivity contribution < 1.29 is 47.8 Å². The highest BCUT2D eigenvalue weighted by atomic mass is 32.2. The first-order chi connectivity index (χ1) is 19.4. The van der Waals surface area contributed by atoms with Gasteiger partial charge < -0.3 is 39.7 Å². The Labute approximate surface area is 237 Å². The molecule has 14 nitrogen and oxygen atoms in total. The number of imide groups is 1. The van der Waals surface area contributed by atoms with Crippen molar-refractivity contribution in [2.45, 2.75) is 62.3 Å². The largest absolute Gasteiger partial charge is 0.379 e. The van der Waals surface area contributed by atoms with Crippen LogP contribution in [0, 0.1) is 0 Å². The van der Waals surface area contributed by atoms with Gasteiger partial charge in [-0.05, 0) is 19.3 Å². The zero-order valence-corrected chi connectivity index (χ0v) is 23.5. The second kappa shape index (κ2) is 18.1. The molecule has 3 aliphatic rings. The Morgan fingerprint density at radius 1 is 0.825 bits per heavy atom. The zero-order chi connectivity index (χ0) is 28.6. The number of thioether (sulfide) groups is 1. The van der Waals surface area contributed by atoms with Crippen LogP contribution in [0.3, 0.4) is 0 Å². The van der Waals surface area contributed by atoms with Crippen molar-refractivity contribution in [3.8, 4) is 0 Å². The molecule has 0 bridgehead atoms. The molecule has 0 spiro atoms. The number of urea groups is 1. The summed E-state index contributed by atoms with van der Waals surface area (Å²) in [4.78, 5) is 62.5. The average molecular weight is 589 g/mol. The Bertz CT molecular complexity index is 847. The van der Waals surface area contributed by atoms with Crippen LogP contribution in [0.15, 0.2) is 0 Å². The molecule has 0 radical (unpaired) electrons. The standard InChI is InChI=1S/C25H40N4O10S/c30-20(26-8-1-3-19-24-18(17-40-19)27-25(34)28-24)4-2-9-35-11-13-37-15-16-38-14-12-36-10-7-23(33)39-29-21(31)5-6-22(29)32/h18-19,24H,1-17H2,(H,26,30)(H2,27,28,34)/t18-,19-,24-/m0/s1. The van der Waals surface area contributed by atoms with E-state index in [1.54, 1.807) is 0 Å². The monoisotopic (exact) mass is 588 g/mol. The molecule has 15 heteroatoms. The molecule has 3 aliphatic heterocycles. The second-order valence-electron chi connectivity index (χ2n) is 9.46. The van der Waals surface area contributed by atoms with Gasteiger partial charge in [0.2, 0.25) is 5.91 Å². The van der Waals surface area contributed by atoms with Gasteiger partial charge in [-0.2, -0.15) is 11.8 Å². The summed E-state index contributed by atoms with van der Waals surface area (Å²) in [6.45, 7) is 3.47. The van der Waals surface area contributed by atoms with Crippen LogP contribution < -0.4 is 16.0 Å². The van der Waals surface area contributed by atoms with E-state index >= 15 is 0 Å². The van der Waals surface area contributed by atoms with E-state index in [1.165, 1.54) is 0 Å². The number of ether oxygens (including phenoxy) is 4. The maximum atomic E-state index is 12.0. The predicted molar refractivity (Wildman–Crippen MR) is 142 cm³/mol. The highest BCUT2D eigenvalue weighted by Gasteiger charge is 2.42. The maximum Gasteiger partial charge on any atom is 0.335 e. The summed E-state index contributed by atoms with van der Waals surface area (Å²) in [7, 11) is 0. The predicted octanol–water partition coefficient (Wildman–Crippen LogP) is -0.108. The van der Waals surface area contributed by atoms with E-state index in [1.807, 2.05) is 11.8 Å². The van der Waals surface area contributed by atoms with Crippen LogP contribution in [0.5, 0.6) is 0 Å². The summed E-state index contributed by atoms with van der Waals surface area (Å²) < 4.78 is 21.5. The van der Waals surface area contributed by atoms with Crippen LogP contribution in [-0.2, 0) is 43.0 Å². The number of nitrogens with one attached hydrogen (secondary N) is 3. The fourth-order valence-corrected chi connectivity index (χ4v) is 5.86. The van der Waals surface area contributed by atoms with Crippen molar-refractivity contribution in [3.63, 3.8) is 0 Å². The summed E-state index contributed by atoms with van der Waals surface area (Å²) >= 11 is 1.87. The van der Waals surface area contributed by atoms with Crippen LogP contribution in [0.4, 0.5) is 4.79 Å². The lowest BCUT2D eigenvalue weighted by molar-refractivity contribution is -0.198. The third kappa shape index (κ3) is 11.6. The van der Waals surface area contributed by atoms with Crippen molar-refractivity contribution in [1.82, 2.24) is 21.0 Å². The van der Waals surface area contributed by atoms with E-state index in [0.29, 0.717) is 69.3 Å². The normalized spacial score (nSPS) is 21.9. The van der Waals surface area contributed by atoms with Gasteiger partial charge in [-0.3, -0.25) is 14.4 Å². The molecule has 40 heavy (non-hydrogen) atoms. The Balaban J connectivity index is 1.00. The minimum absolute atomic E-state index is 0.0174. The first-order valence-corrected chi connectivity index (χ1v) is 14.8. The molecule has 3 saturated heterocycles. The number of rotatable bonds is 21. The number of carbonyl (C=O) groups excluding carboxylic acids is 5. The van der Waals surface area contributed by atoms with E-state index < -0.39 is 17.8 Å². The molecule has 0 aliphatic carbocycles. The van der Waals surface area contributed by atoms with Crippen molar-refractivity contribution in [2.75, 3.05) is 65.2 Å². The highest BCUT2D eigenvalue weighted by molar-refractivity contribution is 8.00. The molecular weight excluding hydrogens is 548 g/mol. The minimum atomic E-state index is -0.702. The van der Waals surface area contributed by atoms with Gasteiger partial charge in [-0.15, -0.1) is 5.06 Å². The number of amides is 5. The third-order valence-electron chi connectivity index (χ3n) is 6.38. The Kier molecular flexibility index (Phi) is 14.5. The molecule has 3 fully saturated rings. The number of nitrogens with zero attached hydrogens (tertiary/aromatic N) is 1. The van der Waals surface area contributed by atoms with E-state index in [0.717, 1.165) is 18.6 Å². The number of hydrogen-bond acceptors (Lipinski definition) is 11. The summed E-state index contributed by atoms with van der Waals surface area (Å²) in [6, 6.07) is 0.346. The Morgan fingerprint density at radius 2 is 1.45 bits per heavy atom. The molecule has 226 valence electrons. The minimum Gasteiger partial charge on any atom is -0.379 e. The first kappa shape index (κ1) is 32.1. The number of carbonyl (C=O) groups is 5. The zero-order valence-electron chi connectivity index (χ0n) is 22.7. The van der Waals surface area contributed by atoms with Crippen LogP contribution in [0.1, 0.15) is 44.9 Å². The number of fused-ring (bicyclic) bond motifs is 1. The summed E-state index contributed by atoms with van der Waals surface area (Å²) in [5.74, 6) is -0.770. The summed E-state index contributed by atoms with van der Waals surface area (Å²) in [6.07, 6.45) is 2.94. The van der Waals surface area contributed by atoms with Gasteiger partial charge in [0.15, 0.2) is 0 Å². The van der Waals surface area contributed by atoms with Gasteiger partial charge in [-0.1, -0.05) is 0 Å². The fraction of sp³-hybridized carbons (Fsp3) is 0.800. The van der Waals surface area contributed by atoms with Gasteiger partial charge in [0.05, 0.1) is 64.8 Å². The Morgan fingerprint density at radius 3 is 2.12 bits per heavy atom. The number of hydrogen-bond donors (Lipinski definition) is 3. The van der Waals surface area contributed by atoms with Crippen LogP contribution in [0.25, 0.3) is 0 Å². The topological polar surface area (TPSA) is 171 Å². The van der Waals surface area contributed by atoms with E-state index in [9.17, 15) is 24.0 Å². The average Bonchev–Trinajstić information content (AvgIpc) is 3.58. The van der Waals surface area contributed by atoms with Crippen molar-refractivity contribution >= 4 is 41.5 Å². The van der Waals surface area contributed by atoms with E-state index in [-0.39, 0.29) is 56.5 Å². The van der Waals surface area contributed by atoms with Gasteiger partial charge >= 0.3 is 12.0 Å².